The van der Waals surface area contributed by atoms with Crippen LogP contribution in [0.3, 0.4) is 0 Å². The third-order valence-electron chi connectivity index (χ3n) is 5.22. The number of carbonyl (C=O) groups is 2. The Morgan fingerprint density at radius 1 is 1.24 bits per heavy atom. The molecule has 2 saturated heterocycles. The second-order valence-corrected chi connectivity index (χ2v) is 6.70. The van der Waals surface area contributed by atoms with Gasteiger partial charge in [-0.15, -0.1) is 0 Å². The average molecular weight is 345 g/mol. The van der Waals surface area contributed by atoms with Gasteiger partial charge in [-0.1, -0.05) is 6.07 Å². The number of hydrogen-bond donors (Lipinski definition) is 1. The number of amides is 3. The molecule has 2 fully saturated rings. The first-order valence-electron chi connectivity index (χ1n) is 8.89. The van der Waals surface area contributed by atoms with Crippen molar-refractivity contribution in [2.45, 2.75) is 31.8 Å². The van der Waals surface area contributed by atoms with E-state index in [1.165, 1.54) is 4.90 Å². The molecule has 2 atom stereocenters. The molecule has 1 aromatic rings. The van der Waals surface area contributed by atoms with E-state index in [9.17, 15) is 9.59 Å². The van der Waals surface area contributed by atoms with Crippen molar-refractivity contribution < 1.29 is 19.1 Å². The minimum Gasteiger partial charge on any atom is -0.486 e. The van der Waals surface area contributed by atoms with Crippen molar-refractivity contribution in [1.82, 2.24) is 15.1 Å². The highest BCUT2D eigenvalue weighted by molar-refractivity contribution is 5.98. The number of carbonyl (C=O) groups excluding carboxylic acids is 2. The quantitative estimate of drug-likeness (QED) is 0.900. The number of urea groups is 1. The van der Waals surface area contributed by atoms with Gasteiger partial charge in [0.2, 0.25) is 5.91 Å². The van der Waals surface area contributed by atoms with Gasteiger partial charge in [0.05, 0.1) is 6.04 Å². The molecule has 25 heavy (non-hydrogen) atoms. The number of fused-ring (bicyclic) bond motifs is 1. The van der Waals surface area contributed by atoms with Crippen LogP contribution in [-0.4, -0.2) is 60.6 Å². The van der Waals surface area contributed by atoms with E-state index in [0.29, 0.717) is 26.3 Å². The van der Waals surface area contributed by atoms with E-state index in [1.54, 1.807) is 0 Å². The number of benzene rings is 1. The second kappa shape index (κ2) is 6.55. The van der Waals surface area contributed by atoms with Gasteiger partial charge in [0.1, 0.15) is 13.2 Å². The van der Waals surface area contributed by atoms with E-state index in [2.05, 4.69) is 16.3 Å². The summed E-state index contributed by atoms with van der Waals surface area (Å²) in [5.74, 6) is 1.42. The third kappa shape index (κ3) is 2.93. The summed E-state index contributed by atoms with van der Waals surface area (Å²) < 4.78 is 11.3. The zero-order valence-corrected chi connectivity index (χ0v) is 14.4. The molecule has 1 aromatic carbocycles. The Balaban J connectivity index is 1.54. The van der Waals surface area contributed by atoms with E-state index >= 15 is 0 Å². The fourth-order valence-electron chi connectivity index (χ4n) is 3.93. The summed E-state index contributed by atoms with van der Waals surface area (Å²) in [5, 5.41) is 2.69. The number of likely N-dealkylation sites (tertiary alicyclic amines) is 1. The maximum absolute atomic E-state index is 12.7. The minimum atomic E-state index is -0.329. The van der Waals surface area contributed by atoms with Crippen molar-refractivity contribution >= 4 is 11.9 Å². The highest BCUT2D eigenvalue weighted by Gasteiger charge is 2.38. The first-order valence-corrected chi connectivity index (χ1v) is 8.89. The molecule has 3 heterocycles. The van der Waals surface area contributed by atoms with Crippen LogP contribution < -0.4 is 14.8 Å². The minimum absolute atomic E-state index is 0.126. The fourth-order valence-corrected chi connectivity index (χ4v) is 3.93. The van der Waals surface area contributed by atoms with Crippen molar-refractivity contribution in [3.05, 3.63) is 23.8 Å². The molecule has 3 amide bonds. The summed E-state index contributed by atoms with van der Waals surface area (Å²) in [6.45, 7) is 4.86. The lowest BCUT2D eigenvalue weighted by Crippen LogP contribution is -2.47. The Labute approximate surface area is 146 Å². The molecule has 0 bridgehead atoms. The van der Waals surface area contributed by atoms with Gasteiger partial charge < -0.3 is 14.8 Å². The van der Waals surface area contributed by atoms with Gasteiger partial charge in [-0.3, -0.25) is 14.6 Å². The molecule has 0 saturated carbocycles. The average Bonchev–Trinajstić information content (AvgIpc) is 3.29. The van der Waals surface area contributed by atoms with Gasteiger partial charge in [0.15, 0.2) is 11.5 Å². The Kier molecular flexibility index (Phi) is 4.25. The predicted octanol–water partition coefficient (Wildman–Crippen LogP) is 1.53. The molecule has 0 aromatic heterocycles. The molecule has 3 aliphatic rings. The summed E-state index contributed by atoms with van der Waals surface area (Å²) in [5.41, 5.74) is 1.13. The SMILES string of the molecule is C[C@H](C(=O)N1CCNC1=O)N1CCC[C@@H]1c1ccc2c(c1)OCCO2. The Morgan fingerprint density at radius 3 is 2.80 bits per heavy atom. The van der Waals surface area contributed by atoms with E-state index in [1.807, 2.05) is 19.1 Å². The fraction of sp³-hybridized carbons (Fsp3) is 0.556. The molecule has 134 valence electrons. The molecule has 7 heteroatoms. The number of hydrogen-bond acceptors (Lipinski definition) is 5. The van der Waals surface area contributed by atoms with Crippen LogP contribution in [0.25, 0.3) is 0 Å². The smallest absolute Gasteiger partial charge is 0.324 e. The highest BCUT2D eigenvalue weighted by atomic mass is 16.6. The standard InChI is InChI=1S/C18H23N3O4/c1-12(17(22)21-8-6-19-18(21)23)20-7-2-3-14(20)13-4-5-15-16(11-13)25-10-9-24-15/h4-5,11-12,14H,2-3,6-10H2,1H3,(H,19,23)/t12-,14-/m1/s1. The van der Waals surface area contributed by atoms with Crippen LogP contribution in [0.5, 0.6) is 11.5 Å². The molecular formula is C18H23N3O4. The van der Waals surface area contributed by atoms with Gasteiger partial charge in [0.25, 0.3) is 0 Å². The van der Waals surface area contributed by atoms with Gasteiger partial charge >= 0.3 is 6.03 Å². The molecule has 4 rings (SSSR count). The first-order chi connectivity index (χ1) is 12.1. The van der Waals surface area contributed by atoms with Crippen LogP contribution in [0.2, 0.25) is 0 Å². The van der Waals surface area contributed by atoms with Crippen LogP contribution >= 0.6 is 0 Å². The zero-order valence-electron chi connectivity index (χ0n) is 14.4. The predicted molar refractivity (Wildman–Crippen MR) is 90.7 cm³/mol. The van der Waals surface area contributed by atoms with Gasteiger partial charge in [-0.05, 0) is 44.0 Å². The maximum atomic E-state index is 12.7. The van der Waals surface area contributed by atoms with Gasteiger partial charge in [-0.25, -0.2) is 4.79 Å². The number of imide groups is 1. The van der Waals surface area contributed by atoms with Crippen molar-refractivity contribution in [3.63, 3.8) is 0 Å². The Bertz CT molecular complexity index is 693. The number of ether oxygens (including phenoxy) is 2. The van der Waals surface area contributed by atoms with E-state index in [0.717, 1.165) is 36.4 Å². The first kappa shape index (κ1) is 16.2. The van der Waals surface area contributed by atoms with Crippen LogP contribution in [-0.2, 0) is 4.79 Å². The summed E-state index contributed by atoms with van der Waals surface area (Å²) in [4.78, 5) is 28.0. The zero-order chi connectivity index (χ0) is 17.4. The van der Waals surface area contributed by atoms with Crippen LogP contribution in [0.4, 0.5) is 4.79 Å². The van der Waals surface area contributed by atoms with Crippen LogP contribution in [0.15, 0.2) is 18.2 Å². The van der Waals surface area contributed by atoms with Gasteiger partial charge in [-0.2, -0.15) is 0 Å². The van der Waals surface area contributed by atoms with Crippen molar-refractivity contribution in [2.75, 3.05) is 32.8 Å². The lowest BCUT2D eigenvalue weighted by atomic mass is 10.0. The van der Waals surface area contributed by atoms with Crippen molar-refractivity contribution in [2.24, 2.45) is 0 Å². The molecule has 1 N–H and O–H groups in total. The lowest BCUT2D eigenvalue weighted by Gasteiger charge is -2.32. The van der Waals surface area contributed by atoms with Crippen molar-refractivity contribution in [3.8, 4) is 11.5 Å². The molecule has 0 radical (unpaired) electrons. The maximum Gasteiger partial charge on any atom is 0.324 e. The number of nitrogens with one attached hydrogen (secondary N) is 1. The topological polar surface area (TPSA) is 71.1 Å². The molecule has 0 spiro atoms. The second-order valence-electron chi connectivity index (χ2n) is 6.70. The molecule has 7 nitrogen and oxygen atoms in total. The van der Waals surface area contributed by atoms with E-state index in [-0.39, 0.29) is 24.0 Å². The summed E-state index contributed by atoms with van der Waals surface area (Å²) in [7, 11) is 0. The summed E-state index contributed by atoms with van der Waals surface area (Å²) in [6, 6.07) is 5.56. The van der Waals surface area contributed by atoms with E-state index < -0.39 is 0 Å². The molecular weight excluding hydrogens is 322 g/mol. The summed E-state index contributed by atoms with van der Waals surface area (Å²) in [6.07, 6.45) is 2.02. The van der Waals surface area contributed by atoms with Crippen molar-refractivity contribution in [1.29, 1.82) is 0 Å². The molecule has 0 unspecified atom stereocenters. The van der Waals surface area contributed by atoms with Gasteiger partial charge in [0, 0.05) is 19.1 Å². The van der Waals surface area contributed by atoms with E-state index in [4.69, 9.17) is 9.47 Å². The lowest BCUT2D eigenvalue weighted by molar-refractivity contribution is -0.133. The van der Waals surface area contributed by atoms with Crippen LogP contribution in [0.1, 0.15) is 31.4 Å². The Morgan fingerprint density at radius 2 is 2.04 bits per heavy atom. The highest BCUT2D eigenvalue weighted by Crippen LogP contribution is 2.39. The van der Waals surface area contributed by atoms with Crippen LogP contribution in [0, 0.1) is 0 Å². The number of nitrogens with zero attached hydrogens (tertiary/aromatic N) is 2. The summed E-state index contributed by atoms with van der Waals surface area (Å²) >= 11 is 0. The molecule has 3 aliphatic heterocycles. The third-order valence-corrected chi connectivity index (χ3v) is 5.22. The largest absolute Gasteiger partial charge is 0.486 e. The Hall–Kier alpha value is -2.28. The monoisotopic (exact) mass is 345 g/mol. The molecule has 0 aliphatic carbocycles. The number of rotatable bonds is 3. The normalized spacial score (nSPS) is 24.3.